The number of likely N-dealkylation sites (tertiary alicyclic amines) is 1. The summed E-state index contributed by atoms with van der Waals surface area (Å²) >= 11 is 0. The smallest absolute Gasteiger partial charge is 0.165 e. The Hall–Kier alpha value is -1.26. The molecule has 0 spiro atoms. The zero-order valence-corrected chi connectivity index (χ0v) is 12.9. The van der Waals surface area contributed by atoms with Gasteiger partial charge >= 0.3 is 0 Å². The van der Waals surface area contributed by atoms with Gasteiger partial charge in [-0.15, -0.1) is 0 Å². The number of piperidine rings is 1. The van der Waals surface area contributed by atoms with Crippen LogP contribution in [-0.2, 0) is 6.54 Å². The number of hydrogen-bond acceptors (Lipinski definition) is 4. The average Bonchev–Trinajstić information content (AvgIpc) is 2.54. The minimum absolute atomic E-state index is 0.624. The highest BCUT2D eigenvalue weighted by molar-refractivity contribution is 5.47. The molecule has 21 heavy (non-hydrogen) atoms. The van der Waals surface area contributed by atoms with Crippen molar-refractivity contribution in [1.29, 1.82) is 0 Å². The number of nitrogens with one attached hydrogen (secondary N) is 1. The molecule has 0 aliphatic carbocycles. The topological polar surface area (TPSA) is 33.7 Å². The van der Waals surface area contributed by atoms with E-state index in [1.165, 1.54) is 44.5 Å². The van der Waals surface area contributed by atoms with Crippen LogP contribution in [0.5, 0.6) is 11.5 Å². The number of benzene rings is 1. The number of para-hydroxylation sites is 1. The third-order valence-corrected chi connectivity index (χ3v) is 4.36. The van der Waals surface area contributed by atoms with E-state index < -0.39 is 0 Å². The van der Waals surface area contributed by atoms with Crippen LogP contribution in [0.25, 0.3) is 0 Å². The summed E-state index contributed by atoms with van der Waals surface area (Å²) < 4.78 is 11.4. The number of ether oxygens (including phenoxy) is 2. The summed E-state index contributed by atoms with van der Waals surface area (Å²) in [5.74, 6) is 1.82. The van der Waals surface area contributed by atoms with Crippen LogP contribution < -0.4 is 14.8 Å². The average molecular weight is 290 g/mol. The van der Waals surface area contributed by atoms with Crippen molar-refractivity contribution < 1.29 is 9.47 Å². The van der Waals surface area contributed by atoms with Gasteiger partial charge in [0.1, 0.15) is 13.2 Å². The van der Waals surface area contributed by atoms with Gasteiger partial charge in [-0.2, -0.15) is 0 Å². The summed E-state index contributed by atoms with van der Waals surface area (Å²) in [7, 11) is 0. The van der Waals surface area contributed by atoms with Crippen LogP contribution in [-0.4, -0.2) is 43.8 Å². The van der Waals surface area contributed by atoms with Gasteiger partial charge in [-0.05, 0) is 45.0 Å². The van der Waals surface area contributed by atoms with Crippen molar-refractivity contribution >= 4 is 0 Å². The molecule has 0 saturated carbocycles. The lowest BCUT2D eigenvalue weighted by Crippen LogP contribution is -2.42. The third kappa shape index (κ3) is 3.69. The molecule has 1 aromatic carbocycles. The van der Waals surface area contributed by atoms with E-state index >= 15 is 0 Å². The maximum atomic E-state index is 5.77. The zero-order valence-electron chi connectivity index (χ0n) is 12.9. The highest BCUT2D eigenvalue weighted by Crippen LogP contribution is 2.33. The van der Waals surface area contributed by atoms with Crippen molar-refractivity contribution in [3.05, 3.63) is 23.8 Å². The molecule has 1 fully saturated rings. The standard InChI is InChI=1S/C17H26N2O2/c1-2-8-19-9-6-15(7-10-19)18-13-14-4-3-5-16-17(14)21-12-11-20-16/h3-5,15,18H,2,6-13H2,1H3. The molecule has 0 atom stereocenters. The van der Waals surface area contributed by atoms with E-state index in [1.54, 1.807) is 0 Å². The molecule has 1 N–H and O–H groups in total. The van der Waals surface area contributed by atoms with Gasteiger partial charge in [-0.1, -0.05) is 19.1 Å². The highest BCUT2D eigenvalue weighted by Gasteiger charge is 2.20. The Balaban J connectivity index is 1.52. The SMILES string of the molecule is CCCN1CCC(NCc2cccc3c2OCCO3)CC1. The molecule has 4 heteroatoms. The fourth-order valence-corrected chi connectivity index (χ4v) is 3.20. The Morgan fingerprint density at radius 3 is 2.81 bits per heavy atom. The molecule has 0 radical (unpaired) electrons. The fraction of sp³-hybridized carbons (Fsp3) is 0.647. The van der Waals surface area contributed by atoms with Crippen LogP contribution in [0.1, 0.15) is 31.7 Å². The summed E-state index contributed by atoms with van der Waals surface area (Å²) in [4.78, 5) is 2.57. The number of rotatable bonds is 5. The predicted octanol–water partition coefficient (Wildman–Crippen LogP) is 2.42. The lowest BCUT2D eigenvalue weighted by Gasteiger charge is -2.32. The van der Waals surface area contributed by atoms with Gasteiger partial charge in [0.15, 0.2) is 11.5 Å². The first-order valence-electron chi connectivity index (χ1n) is 8.20. The van der Waals surface area contributed by atoms with Crippen molar-refractivity contribution in [2.24, 2.45) is 0 Å². The third-order valence-electron chi connectivity index (χ3n) is 4.36. The van der Waals surface area contributed by atoms with E-state index in [-0.39, 0.29) is 0 Å². The molecule has 1 saturated heterocycles. The summed E-state index contributed by atoms with van der Waals surface area (Å²) in [5, 5.41) is 3.69. The van der Waals surface area contributed by atoms with Crippen molar-refractivity contribution in [1.82, 2.24) is 10.2 Å². The van der Waals surface area contributed by atoms with Gasteiger partial charge < -0.3 is 19.7 Å². The van der Waals surface area contributed by atoms with Gasteiger partial charge in [0, 0.05) is 18.2 Å². The Bertz CT molecular complexity index is 456. The van der Waals surface area contributed by atoms with E-state index in [2.05, 4.69) is 23.2 Å². The van der Waals surface area contributed by atoms with Gasteiger partial charge in [0.05, 0.1) is 0 Å². The summed E-state index contributed by atoms with van der Waals surface area (Å²) in [6, 6.07) is 6.79. The largest absolute Gasteiger partial charge is 0.486 e. The maximum Gasteiger partial charge on any atom is 0.165 e. The minimum atomic E-state index is 0.624. The summed E-state index contributed by atoms with van der Waals surface area (Å²) in [6.07, 6.45) is 3.74. The molecule has 2 aliphatic heterocycles. The lowest BCUT2D eigenvalue weighted by molar-refractivity contribution is 0.168. The molecule has 0 bridgehead atoms. The lowest BCUT2D eigenvalue weighted by atomic mass is 10.0. The summed E-state index contributed by atoms with van der Waals surface area (Å²) in [6.45, 7) is 8.11. The molecular formula is C17H26N2O2. The summed E-state index contributed by atoms with van der Waals surface area (Å²) in [5.41, 5.74) is 1.21. The van der Waals surface area contributed by atoms with E-state index in [0.29, 0.717) is 19.3 Å². The number of fused-ring (bicyclic) bond motifs is 1. The van der Waals surface area contributed by atoms with Crippen LogP contribution in [0.15, 0.2) is 18.2 Å². The van der Waals surface area contributed by atoms with E-state index in [4.69, 9.17) is 9.47 Å². The Labute approximate surface area is 127 Å². The first kappa shape index (κ1) is 14.7. The number of nitrogens with zero attached hydrogens (tertiary/aromatic N) is 1. The molecule has 1 aromatic rings. The first-order valence-corrected chi connectivity index (χ1v) is 8.20. The molecule has 0 amide bonds. The van der Waals surface area contributed by atoms with Crippen LogP contribution in [0.3, 0.4) is 0 Å². The van der Waals surface area contributed by atoms with Crippen LogP contribution in [0, 0.1) is 0 Å². The fourth-order valence-electron chi connectivity index (χ4n) is 3.20. The first-order chi connectivity index (χ1) is 10.4. The Morgan fingerprint density at radius 2 is 2.00 bits per heavy atom. The number of hydrogen-bond donors (Lipinski definition) is 1. The molecular weight excluding hydrogens is 264 g/mol. The minimum Gasteiger partial charge on any atom is -0.486 e. The molecule has 2 aliphatic rings. The van der Waals surface area contributed by atoms with Gasteiger partial charge in [-0.25, -0.2) is 0 Å². The van der Waals surface area contributed by atoms with Crippen LogP contribution in [0.4, 0.5) is 0 Å². The molecule has 0 unspecified atom stereocenters. The van der Waals surface area contributed by atoms with Crippen molar-refractivity contribution in [2.45, 2.75) is 38.8 Å². The molecule has 3 rings (SSSR count). The second kappa shape index (κ2) is 7.14. The van der Waals surface area contributed by atoms with E-state index in [9.17, 15) is 0 Å². The van der Waals surface area contributed by atoms with E-state index in [0.717, 1.165) is 18.0 Å². The zero-order chi connectivity index (χ0) is 14.5. The van der Waals surface area contributed by atoms with E-state index in [1.807, 2.05) is 12.1 Å². The normalized spacial score (nSPS) is 19.7. The second-order valence-corrected chi connectivity index (χ2v) is 5.94. The van der Waals surface area contributed by atoms with Crippen molar-refractivity contribution in [3.63, 3.8) is 0 Å². The van der Waals surface area contributed by atoms with Crippen molar-refractivity contribution in [3.8, 4) is 11.5 Å². The van der Waals surface area contributed by atoms with Crippen LogP contribution in [0.2, 0.25) is 0 Å². The van der Waals surface area contributed by atoms with Crippen LogP contribution >= 0.6 is 0 Å². The molecule has 4 nitrogen and oxygen atoms in total. The van der Waals surface area contributed by atoms with Gasteiger partial charge in [0.25, 0.3) is 0 Å². The maximum absolute atomic E-state index is 5.77. The predicted molar refractivity (Wildman–Crippen MR) is 84.0 cm³/mol. The Morgan fingerprint density at radius 1 is 1.19 bits per heavy atom. The highest BCUT2D eigenvalue weighted by atomic mass is 16.6. The second-order valence-electron chi connectivity index (χ2n) is 5.94. The molecule has 0 aromatic heterocycles. The molecule has 2 heterocycles. The monoisotopic (exact) mass is 290 g/mol. The molecule has 116 valence electrons. The van der Waals surface area contributed by atoms with Gasteiger partial charge in [-0.3, -0.25) is 0 Å². The quantitative estimate of drug-likeness (QED) is 0.903. The Kier molecular flexibility index (Phi) is 4.99. The van der Waals surface area contributed by atoms with Gasteiger partial charge in [0.2, 0.25) is 0 Å². The van der Waals surface area contributed by atoms with Crippen molar-refractivity contribution in [2.75, 3.05) is 32.8 Å².